The molecule has 2 N–H and O–H groups in total. The number of amides is 3. The van der Waals surface area contributed by atoms with Crippen molar-refractivity contribution in [3.63, 3.8) is 0 Å². The molecule has 0 radical (unpaired) electrons. The summed E-state index contributed by atoms with van der Waals surface area (Å²) in [7, 11) is 0. The van der Waals surface area contributed by atoms with Gasteiger partial charge in [0.2, 0.25) is 17.7 Å². The van der Waals surface area contributed by atoms with Crippen LogP contribution in [0.5, 0.6) is 5.75 Å². The molecule has 2 aromatic rings. The lowest BCUT2D eigenvalue weighted by molar-refractivity contribution is -0.125. The average Bonchev–Trinajstić information content (AvgIpc) is 2.86. The van der Waals surface area contributed by atoms with E-state index in [1.165, 1.54) is 4.90 Å². The van der Waals surface area contributed by atoms with E-state index in [0.717, 1.165) is 17.7 Å². The number of aryl methyl sites for hydroxylation is 1. The van der Waals surface area contributed by atoms with Gasteiger partial charge in [0, 0.05) is 5.69 Å². The number of nitrogens with zero attached hydrogens (tertiary/aromatic N) is 1. The van der Waals surface area contributed by atoms with E-state index in [1.54, 1.807) is 18.2 Å². The van der Waals surface area contributed by atoms with Crippen molar-refractivity contribution < 1.29 is 19.1 Å². The normalized spacial score (nSPS) is 13.2. The smallest absolute Gasteiger partial charge is 0.243 e. The number of para-hydroxylation sites is 3. The van der Waals surface area contributed by atoms with Gasteiger partial charge < -0.3 is 15.4 Å². The summed E-state index contributed by atoms with van der Waals surface area (Å²) in [4.78, 5) is 38.2. The fourth-order valence-electron chi connectivity index (χ4n) is 3.02. The highest BCUT2D eigenvalue weighted by Gasteiger charge is 2.25. The number of anilines is 2. The Hall–Kier alpha value is -3.35. The lowest BCUT2D eigenvalue weighted by Crippen LogP contribution is -2.42. The first-order chi connectivity index (χ1) is 13.6. The number of carbonyl (C=O) groups excluding carboxylic acids is 3. The lowest BCUT2D eigenvalue weighted by atomic mass is 10.1. The molecule has 7 nitrogen and oxygen atoms in total. The summed E-state index contributed by atoms with van der Waals surface area (Å²) in [5.74, 6) is -0.361. The van der Waals surface area contributed by atoms with Crippen molar-refractivity contribution in [3.8, 4) is 5.75 Å². The molecule has 0 aromatic heterocycles. The van der Waals surface area contributed by atoms with Crippen molar-refractivity contribution in [3.05, 3.63) is 54.1 Å². The quantitative estimate of drug-likeness (QED) is 0.802. The fraction of sp³-hybridized carbons (Fsp3) is 0.286. The summed E-state index contributed by atoms with van der Waals surface area (Å²) in [6, 6.07) is 14.6. The van der Waals surface area contributed by atoms with Crippen LogP contribution < -0.4 is 20.3 Å². The van der Waals surface area contributed by atoms with Crippen LogP contribution in [-0.4, -0.2) is 37.4 Å². The molecule has 7 heteroatoms. The number of rotatable bonds is 6. The van der Waals surface area contributed by atoms with E-state index < -0.39 is 5.91 Å². The van der Waals surface area contributed by atoms with Gasteiger partial charge in [-0.3, -0.25) is 19.3 Å². The maximum atomic E-state index is 12.3. The van der Waals surface area contributed by atoms with Crippen molar-refractivity contribution >= 4 is 29.1 Å². The molecule has 0 saturated heterocycles. The molecule has 0 saturated carbocycles. The molecule has 3 rings (SSSR count). The number of hydrogen-bond acceptors (Lipinski definition) is 4. The molecule has 1 aliphatic rings. The Labute approximate surface area is 163 Å². The predicted molar refractivity (Wildman–Crippen MR) is 106 cm³/mol. The van der Waals surface area contributed by atoms with Gasteiger partial charge in [0.1, 0.15) is 12.3 Å². The first kappa shape index (κ1) is 19.4. The molecule has 2 aromatic carbocycles. The Morgan fingerprint density at radius 1 is 1.07 bits per heavy atom. The van der Waals surface area contributed by atoms with Crippen molar-refractivity contribution in [2.75, 3.05) is 29.9 Å². The largest absolute Gasteiger partial charge is 0.491 e. The van der Waals surface area contributed by atoms with Gasteiger partial charge >= 0.3 is 0 Å². The molecule has 0 atom stereocenters. The first-order valence-corrected chi connectivity index (χ1v) is 9.25. The van der Waals surface area contributed by atoms with Crippen LogP contribution in [0.1, 0.15) is 18.9 Å². The molecule has 146 valence electrons. The Bertz CT molecular complexity index is 881. The standard InChI is InChI=1S/C21H23N3O4/c1-2-15-7-3-4-8-16(15)23-19(25)13-22-20(26)14-24-17-9-5-6-10-18(17)28-12-11-21(24)27/h3-10H,2,11-14H2,1H3,(H,22,26)(H,23,25). The van der Waals surface area contributed by atoms with Crippen LogP contribution in [0.25, 0.3) is 0 Å². The molecule has 0 unspecified atom stereocenters. The summed E-state index contributed by atoms with van der Waals surface area (Å²) in [5, 5.41) is 5.37. The molecular formula is C21H23N3O4. The van der Waals surface area contributed by atoms with E-state index in [2.05, 4.69) is 10.6 Å². The molecule has 1 heterocycles. The topological polar surface area (TPSA) is 87.7 Å². The Balaban J connectivity index is 1.58. The number of carbonyl (C=O) groups is 3. The maximum Gasteiger partial charge on any atom is 0.243 e. The molecule has 1 aliphatic heterocycles. The zero-order valence-electron chi connectivity index (χ0n) is 15.7. The highest BCUT2D eigenvalue weighted by Crippen LogP contribution is 2.30. The highest BCUT2D eigenvalue weighted by molar-refractivity contribution is 6.01. The van der Waals surface area contributed by atoms with E-state index in [9.17, 15) is 14.4 Å². The molecular weight excluding hydrogens is 358 g/mol. The zero-order chi connectivity index (χ0) is 19.9. The lowest BCUT2D eigenvalue weighted by Gasteiger charge is -2.21. The maximum absolute atomic E-state index is 12.3. The van der Waals surface area contributed by atoms with Crippen LogP contribution in [0.15, 0.2) is 48.5 Å². The fourth-order valence-corrected chi connectivity index (χ4v) is 3.02. The number of ether oxygens (including phenoxy) is 1. The third-order valence-electron chi connectivity index (χ3n) is 4.45. The average molecular weight is 381 g/mol. The second-order valence-electron chi connectivity index (χ2n) is 6.38. The van der Waals surface area contributed by atoms with Gasteiger partial charge in [-0.2, -0.15) is 0 Å². The molecule has 0 spiro atoms. The molecule has 3 amide bonds. The van der Waals surface area contributed by atoms with Crippen LogP contribution in [0.4, 0.5) is 11.4 Å². The van der Waals surface area contributed by atoms with Crippen molar-refractivity contribution in [2.45, 2.75) is 19.8 Å². The van der Waals surface area contributed by atoms with Crippen LogP contribution >= 0.6 is 0 Å². The molecule has 0 aliphatic carbocycles. The molecule has 0 fully saturated rings. The predicted octanol–water partition coefficient (Wildman–Crippen LogP) is 2.12. The zero-order valence-corrected chi connectivity index (χ0v) is 15.7. The van der Waals surface area contributed by atoms with Crippen LogP contribution in [-0.2, 0) is 20.8 Å². The molecule has 28 heavy (non-hydrogen) atoms. The Morgan fingerprint density at radius 3 is 2.64 bits per heavy atom. The SMILES string of the molecule is CCc1ccccc1NC(=O)CNC(=O)CN1C(=O)CCOc2ccccc21. The minimum atomic E-state index is -0.413. The number of fused-ring (bicyclic) bond motifs is 1. The van der Waals surface area contributed by atoms with Gasteiger partial charge in [-0.1, -0.05) is 37.3 Å². The van der Waals surface area contributed by atoms with Gasteiger partial charge in [-0.15, -0.1) is 0 Å². The second kappa shape index (κ2) is 9.03. The van der Waals surface area contributed by atoms with Crippen LogP contribution in [0.2, 0.25) is 0 Å². The Morgan fingerprint density at radius 2 is 1.82 bits per heavy atom. The van der Waals surface area contributed by atoms with Gasteiger partial charge in [-0.05, 0) is 30.2 Å². The van der Waals surface area contributed by atoms with Gasteiger partial charge in [0.05, 0.1) is 25.3 Å². The summed E-state index contributed by atoms with van der Waals surface area (Å²) in [6.07, 6.45) is 0.984. The van der Waals surface area contributed by atoms with Crippen LogP contribution in [0.3, 0.4) is 0 Å². The summed E-state index contributed by atoms with van der Waals surface area (Å²) < 4.78 is 5.56. The Kier molecular flexibility index (Phi) is 6.26. The summed E-state index contributed by atoms with van der Waals surface area (Å²) in [6.45, 7) is 1.94. The monoisotopic (exact) mass is 381 g/mol. The molecule has 0 bridgehead atoms. The van der Waals surface area contributed by atoms with E-state index in [4.69, 9.17) is 4.74 Å². The van der Waals surface area contributed by atoms with Crippen molar-refractivity contribution in [2.24, 2.45) is 0 Å². The number of hydrogen-bond donors (Lipinski definition) is 2. The summed E-state index contributed by atoms with van der Waals surface area (Å²) >= 11 is 0. The van der Waals surface area contributed by atoms with E-state index in [0.29, 0.717) is 11.4 Å². The minimum absolute atomic E-state index is 0.169. The van der Waals surface area contributed by atoms with Crippen LogP contribution in [0, 0.1) is 0 Å². The number of nitrogens with one attached hydrogen (secondary N) is 2. The second-order valence-corrected chi connectivity index (χ2v) is 6.38. The van der Waals surface area contributed by atoms with E-state index in [-0.39, 0.29) is 37.9 Å². The first-order valence-electron chi connectivity index (χ1n) is 9.25. The van der Waals surface area contributed by atoms with Gasteiger partial charge in [0.15, 0.2) is 0 Å². The minimum Gasteiger partial charge on any atom is -0.491 e. The number of benzene rings is 2. The highest BCUT2D eigenvalue weighted by atomic mass is 16.5. The van der Waals surface area contributed by atoms with Gasteiger partial charge in [-0.25, -0.2) is 0 Å². The van der Waals surface area contributed by atoms with Crippen molar-refractivity contribution in [1.82, 2.24) is 5.32 Å². The van der Waals surface area contributed by atoms with Crippen molar-refractivity contribution in [1.29, 1.82) is 0 Å². The third-order valence-corrected chi connectivity index (χ3v) is 4.45. The summed E-state index contributed by atoms with van der Waals surface area (Å²) in [5.41, 5.74) is 2.31. The van der Waals surface area contributed by atoms with E-state index >= 15 is 0 Å². The van der Waals surface area contributed by atoms with Gasteiger partial charge in [0.25, 0.3) is 0 Å². The third kappa shape index (κ3) is 4.68. The van der Waals surface area contributed by atoms with E-state index in [1.807, 2.05) is 37.3 Å².